The minimum atomic E-state index is -4.63. The molecule has 10 heteroatoms. The van der Waals surface area contributed by atoms with E-state index in [-0.39, 0.29) is 28.8 Å². The molecule has 31 heavy (non-hydrogen) atoms. The highest BCUT2D eigenvalue weighted by molar-refractivity contribution is 8.16. The van der Waals surface area contributed by atoms with Crippen LogP contribution < -0.4 is 4.90 Å². The summed E-state index contributed by atoms with van der Waals surface area (Å²) in [6.07, 6.45) is -4.62. The van der Waals surface area contributed by atoms with Gasteiger partial charge in [0, 0.05) is 5.25 Å². The van der Waals surface area contributed by atoms with Gasteiger partial charge in [0.15, 0.2) is 15.0 Å². The number of nitrogens with zero attached hydrogens (tertiary/aromatic N) is 2. The number of aliphatic imine (C=N–C) groups is 1. The molecule has 0 unspecified atom stereocenters. The molecule has 0 saturated carbocycles. The lowest BCUT2D eigenvalue weighted by Gasteiger charge is -2.27. The predicted octanol–water partition coefficient (Wildman–Crippen LogP) is 3.86. The Morgan fingerprint density at radius 2 is 1.90 bits per heavy atom. The van der Waals surface area contributed by atoms with Crippen molar-refractivity contribution in [1.29, 1.82) is 0 Å². The summed E-state index contributed by atoms with van der Waals surface area (Å²) in [6.45, 7) is 1.89. The number of benzene rings is 2. The van der Waals surface area contributed by atoms with Crippen LogP contribution in [-0.4, -0.2) is 42.3 Å². The van der Waals surface area contributed by atoms with Crippen molar-refractivity contribution >= 4 is 38.4 Å². The smallest absolute Gasteiger partial charge is 0.315 e. The van der Waals surface area contributed by atoms with Crippen LogP contribution in [0.15, 0.2) is 53.5 Å². The number of carbonyl (C=O) groups is 1. The van der Waals surface area contributed by atoms with E-state index in [2.05, 4.69) is 4.99 Å². The Morgan fingerprint density at radius 3 is 2.61 bits per heavy atom. The minimum Gasteiger partial charge on any atom is -0.315 e. The Kier molecular flexibility index (Phi) is 5.63. The summed E-state index contributed by atoms with van der Waals surface area (Å²) in [4.78, 5) is 18.0. The summed E-state index contributed by atoms with van der Waals surface area (Å²) >= 11 is 1.06. The van der Waals surface area contributed by atoms with Crippen molar-refractivity contribution in [3.8, 4) is 0 Å². The third kappa shape index (κ3) is 4.64. The molecule has 5 nitrogen and oxygen atoms in total. The number of sulfone groups is 1. The molecule has 2 aliphatic rings. The van der Waals surface area contributed by atoms with Gasteiger partial charge >= 0.3 is 6.18 Å². The maximum Gasteiger partial charge on any atom is 0.418 e. The number of rotatable bonds is 3. The Morgan fingerprint density at radius 1 is 1.16 bits per heavy atom. The number of thioether (sulfide) groups is 1. The molecule has 0 aliphatic carbocycles. The average molecular weight is 469 g/mol. The number of halogens is 3. The van der Waals surface area contributed by atoms with Gasteiger partial charge in [-0.1, -0.05) is 53.7 Å². The van der Waals surface area contributed by atoms with Crippen molar-refractivity contribution < 1.29 is 26.4 Å². The zero-order chi connectivity index (χ0) is 22.4. The number of hydrogen-bond donors (Lipinski definition) is 0. The number of fused-ring (bicyclic) bond motifs is 1. The van der Waals surface area contributed by atoms with E-state index in [0.717, 1.165) is 29.0 Å². The zero-order valence-electron chi connectivity index (χ0n) is 16.5. The number of para-hydroxylation sites is 1. The second-order valence-corrected chi connectivity index (χ2v) is 11.0. The molecule has 0 radical (unpaired) electrons. The topological polar surface area (TPSA) is 66.8 Å². The highest BCUT2D eigenvalue weighted by Crippen LogP contribution is 2.45. The number of alkyl halides is 3. The Bertz CT molecular complexity index is 1160. The van der Waals surface area contributed by atoms with Crippen LogP contribution in [0.5, 0.6) is 0 Å². The van der Waals surface area contributed by atoms with Crippen LogP contribution in [0.2, 0.25) is 0 Å². The molecule has 2 aromatic rings. The molecule has 1 amide bonds. The van der Waals surface area contributed by atoms with Gasteiger partial charge < -0.3 is 4.90 Å². The van der Waals surface area contributed by atoms with Crippen molar-refractivity contribution in [2.24, 2.45) is 4.99 Å². The first kappa shape index (κ1) is 21.9. The molecule has 2 heterocycles. The first-order chi connectivity index (χ1) is 14.5. The number of amidine groups is 1. The minimum absolute atomic E-state index is 0.00807. The molecule has 2 aliphatic heterocycles. The Balaban J connectivity index is 1.72. The fourth-order valence-corrected chi connectivity index (χ4v) is 7.84. The third-order valence-electron chi connectivity index (χ3n) is 5.19. The van der Waals surface area contributed by atoms with E-state index >= 15 is 0 Å². The van der Waals surface area contributed by atoms with E-state index in [1.165, 1.54) is 23.1 Å². The van der Waals surface area contributed by atoms with Crippen LogP contribution in [-0.2, 0) is 27.2 Å². The summed E-state index contributed by atoms with van der Waals surface area (Å²) < 4.78 is 65.2. The predicted molar refractivity (Wildman–Crippen MR) is 115 cm³/mol. The van der Waals surface area contributed by atoms with Crippen LogP contribution in [0.25, 0.3) is 0 Å². The van der Waals surface area contributed by atoms with Gasteiger partial charge in [-0.25, -0.2) is 8.42 Å². The van der Waals surface area contributed by atoms with Crippen LogP contribution in [0.1, 0.15) is 16.7 Å². The standard InChI is InChI=1S/C21H19F3N2O3S2/c1-13-5-4-6-14(9-13)10-19(27)25-20-26(17-11-31(28,29)12-18(17)30-20)16-8-3-2-7-15(16)21(22,23)24/h2-9,17-18H,10-12H2,1H3/t17-,18-/m0/s1. The maximum atomic E-state index is 13.7. The molecule has 0 bridgehead atoms. The third-order valence-corrected chi connectivity index (χ3v) is 8.40. The number of hydrogen-bond acceptors (Lipinski definition) is 4. The Hall–Kier alpha value is -2.33. The molecular weight excluding hydrogens is 449 g/mol. The molecule has 4 rings (SSSR count). The lowest BCUT2D eigenvalue weighted by Crippen LogP contribution is -2.39. The molecule has 2 aromatic carbocycles. The summed E-state index contributed by atoms with van der Waals surface area (Å²) in [6, 6.07) is 11.6. The van der Waals surface area contributed by atoms with Gasteiger partial charge in [0.2, 0.25) is 0 Å². The fourth-order valence-electron chi connectivity index (χ4n) is 3.91. The Labute approximate surface area is 182 Å². The first-order valence-corrected chi connectivity index (χ1v) is 12.2. The molecule has 0 aromatic heterocycles. The summed E-state index contributed by atoms with van der Waals surface area (Å²) in [5.41, 5.74) is 0.657. The van der Waals surface area contributed by atoms with E-state index < -0.39 is 38.8 Å². The number of aryl methyl sites for hydroxylation is 1. The summed E-state index contributed by atoms with van der Waals surface area (Å²) in [7, 11) is -3.38. The van der Waals surface area contributed by atoms with Crippen molar-refractivity contribution in [1.82, 2.24) is 0 Å². The lowest BCUT2D eigenvalue weighted by atomic mass is 10.1. The van der Waals surface area contributed by atoms with Crippen LogP contribution in [0, 0.1) is 6.92 Å². The highest BCUT2D eigenvalue weighted by Gasteiger charge is 2.51. The van der Waals surface area contributed by atoms with Gasteiger partial charge in [0.1, 0.15) is 0 Å². The van der Waals surface area contributed by atoms with Crippen LogP contribution >= 0.6 is 11.8 Å². The van der Waals surface area contributed by atoms with Crippen molar-refractivity contribution in [3.63, 3.8) is 0 Å². The van der Waals surface area contributed by atoms with Gasteiger partial charge in [0.05, 0.1) is 35.2 Å². The van der Waals surface area contributed by atoms with E-state index in [9.17, 15) is 26.4 Å². The van der Waals surface area contributed by atoms with Gasteiger partial charge in [-0.15, -0.1) is 0 Å². The van der Waals surface area contributed by atoms with Gasteiger partial charge in [-0.2, -0.15) is 18.2 Å². The molecule has 0 spiro atoms. The van der Waals surface area contributed by atoms with Gasteiger partial charge in [-0.3, -0.25) is 4.79 Å². The summed E-state index contributed by atoms with van der Waals surface area (Å²) in [5, 5.41) is -0.365. The monoisotopic (exact) mass is 468 g/mol. The SMILES string of the molecule is Cc1cccc(CC(=O)N=C2S[C@H]3CS(=O)(=O)C[C@@H]3N2c2ccccc2C(F)(F)F)c1. The molecule has 2 fully saturated rings. The van der Waals surface area contributed by atoms with E-state index in [4.69, 9.17) is 0 Å². The van der Waals surface area contributed by atoms with Crippen LogP contribution in [0.3, 0.4) is 0 Å². The second-order valence-electron chi connectivity index (χ2n) is 7.64. The van der Waals surface area contributed by atoms with Crippen molar-refractivity contribution in [3.05, 3.63) is 65.2 Å². The summed E-state index contributed by atoms with van der Waals surface area (Å²) in [5.74, 6) is -0.925. The normalized spacial score (nSPS) is 23.9. The van der Waals surface area contributed by atoms with Crippen molar-refractivity contribution in [2.45, 2.75) is 30.8 Å². The fraction of sp³-hybridized carbons (Fsp3) is 0.333. The number of amides is 1. The number of anilines is 1. The van der Waals surface area contributed by atoms with E-state index in [1.807, 2.05) is 25.1 Å². The average Bonchev–Trinajstić information content (AvgIpc) is 3.11. The molecule has 0 N–H and O–H groups in total. The van der Waals surface area contributed by atoms with E-state index in [0.29, 0.717) is 0 Å². The quantitative estimate of drug-likeness (QED) is 0.685. The molecule has 2 atom stereocenters. The first-order valence-electron chi connectivity index (χ1n) is 9.53. The maximum absolute atomic E-state index is 13.7. The molecule has 164 valence electrons. The molecule has 2 saturated heterocycles. The largest absolute Gasteiger partial charge is 0.418 e. The molecular formula is C21H19F3N2O3S2. The lowest BCUT2D eigenvalue weighted by molar-refractivity contribution is -0.137. The highest BCUT2D eigenvalue weighted by atomic mass is 32.2. The zero-order valence-corrected chi connectivity index (χ0v) is 18.1. The van der Waals surface area contributed by atoms with Gasteiger partial charge in [-0.05, 0) is 24.6 Å². The van der Waals surface area contributed by atoms with Crippen molar-refractivity contribution in [2.75, 3.05) is 16.4 Å². The van der Waals surface area contributed by atoms with Crippen LogP contribution in [0.4, 0.5) is 18.9 Å². The second kappa shape index (κ2) is 7.98. The number of carbonyl (C=O) groups excluding carboxylic acids is 1. The van der Waals surface area contributed by atoms with E-state index in [1.54, 1.807) is 6.07 Å². The van der Waals surface area contributed by atoms with Gasteiger partial charge in [0.25, 0.3) is 5.91 Å².